The van der Waals surface area contributed by atoms with E-state index in [9.17, 15) is 14.9 Å². The van der Waals surface area contributed by atoms with E-state index >= 15 is 0 Å². The summed E-state index contributed by atoms with van der Waals surface area (Å²) in [5.41, 5.74) is 3.94. The van der Waals surface area contributed by atoms with Crippen molar-refractivity contribution in [1.82, 2.24) is 5.43 Å². The second-order valence-electron chi connectivity index (χ2n) is 6.08. The van der Waals surface area contributed by atoms with Gasteiger partial charge in [0.25, 0.3) is 11.6 Å². The molecule has 0 heterocycles. The Morgan fingerprint density at radius 3 is 2.59 bits per heavy atom. The average Bonchev–Trinajstić information content (AvgIpc) is 2.66. The van der Waals surface area contributed by atoms with Crippen LogP contribution in [0.1, 0.15) is 47.7 Å². The number of hydrogen-bond donors (Lipinski definition) is 1. The first-order valence-corrected chi connectivity index (χ1v) is 8.82. The number of benzene rings is 2. The molecule has 0 saturated heterocycles. The molecular weight excluding hydrogens is 346 g/mol. The van der Waals surface area contributed by atoms with Crippen molar-refractivity contribution in [2.24, 2.45) is 5.10 Å². The fourth-order valence-electron chi connectivity index (χ4n) is 2.42. The van der Waals surface area contributed by atoms with E-state index in [4.69, 9.17) is 4.74 Å². The summed E-state index contributed by atoms with van der Waals surface area (Å²) < 4.78 is 5.64. The van der Waals surface area contributed by atoms with E-state index in [0.717, 1.165) is 30.6 Å². The number of nitro groups is 1. The number of rotatable bonds is 9. The largest absolute Gasteiger partial charge is 0.494 e. The summed E-state index contributed by atoms with van der Waals surface area (Å²) in [6.45, 7) is 4.44. The second-order valence-corrected chi connectivity index (χ2v) is 6.08. The van der Waals surface area contributed by atoms with Crippen LogP contribution in [0.25, 0.3) is 0 Å². The van der Waals surface area contributed by atoms with Crippen molar-refractivity contribution in [1.29, 1.82) is 0 Å². The zero-order valence-corrected chi connectivity index (χ0v) is 15.5. The monoisotopic (exact) mass is 369 g/mol. The molecule has 0 aliphatic rings. The molecule has 2 aromatic rings. The zero-order valence-electron chi connectivity index (χ0n) is 15.5. The number of aryl methyl sites for hydroxylation is 1. The van der Waals surface area contributed by atoms with E-state index in [1.165, 1.54) is 24.4 Å². The van der Waals surface area contributed by atoms with Crippen LogP contribution in [-0.2, 0) is 0 Å². The minimum atomic E-state index is -0.480. The van der Waals surface area contributed by atoms with Gasteiger partial charge in [-0.1, -0.05) is 19.8 Å². The minimum Gasteiger partial charge on any atom is -0.494 e. The lowest BCUT2D eigenvalue weighted by Gasteiger charge is -2.05. The first kappa shape index (κ1) is 20.1. The number of nitrogens with zero attached hydrogens (tertiary/aromatic N) is 2. The third-order valence-corrected chi connectivity index (χ3v) is 3.93. The van der Waals surface area contributed by atoms with Gasteiger partial charge >= 0.3 is 0 Å². The van der Waals surface area contributed by atoms with Crippen LogP contribution >= 0.6 is 0 Å². The summed E-state index contributed by atoms with van der Waals surface area (Å²) in [7, 11) is 0. The number of unbranched alkanes of at least 4 members (excludes halogenated alkanes) is 2. The number of hydrazone groups is 1. The highest BCUT2D eigenvalue weighted by Gasteiger charge is 2.13. The Balaban J connectivity index is 1.88. The zero-order chi connectivity index (χ0) is 19.6. The summed E-state index contributed by atoms with van der Waals surface area (Å²) in [4.78, 5) is 22.4. The van der Waals surface area contributed by atoms with Crippen molar-refractivity contribution in [2.75, 3.05) is 6.61 Å². The van der Waals surface area contributed by atoms with E-state index in [1.807, 2.05) is 24.3 Å². The summed E-state index contributed by atoms with van der Waals surface area (Å²) in [6.07, 6.45) is 4.87. The highest BCUT2D eigenvalue weighted by atomic mass is 16.6. The van der Waals surface area contributed by atoms with Gasteiger partial charge < -0.3 is 4.74 Å². The molecule has 142 valence electrons. The van der Waals surface area contributed by atoms with Crippen molar-refractivity contribution < 1.29 is 14.5 Å². The van der Waals surface area contributed by atoms with E-state index in [-0.39, 0.29) is 5.69 Å². The van der Waals surface area contributed by atoms with Crippen molar-refractivity contribution in [2.45, 2.75) is 33.1 Å². The van der Waals surface area contributed by atoms with Crippen LogP contribution in [0.3, 0.4) is 0 Å². The minimum absolute atomic E-state index is 0.0212. The molecule has 27 heavy (non-hydrogen) atoms. The van der Waals surface area contributed by atoms with Gasteiger partial charge in [0.1, 0.15) is 5.75 Å². The SMILES string of the molecule is CCCCCOc1ccc(/C=N/NC(=O)c2ccc([N+](=O)[O-])c(C)c2)cc1. The number of nitro benzene ring substituents is 1. The molecule has 0 fully saturated rings. The lowest BCUT2D eigenvalue weighted by molar-refractivity contribution is -0.385. The second kappa shape index (κ2) is 10.1. The predicted octanol–water partition coefficient (Wildman–Crippen LogP) is 4.24. The van der Waals surface area contributed by atoms with Crippen molar-refractivity contribution in [3.05, 3.63) is 69.3 Å². The Hall–Kier alpha value is -3.22. The quantitative estimate of drug-likeness (QED) is 0.310. The summed E-state index contributed by atoms with van der Waals surface area (Å²) >= 11 is 0. The maximum atomic E-state index is 12.1. The van der Waals surface area contributed by atoms with Crippen LogP contribution in [0.15, 0.2) is 47.6 Å². The maximum Gasteiger partial charge on any atom is 0.272 e. The van der Waals surface area contributed by atoms with Gasteiger partial charge in [0.05, 0.1) is 17.7 Å². The molecule has 2 rings (SSSR count). The van der Waals surface area contributed by atoms with Crippen LogP contribution in [-0.4, -0.2) is 23.7 Å². The van der Waals surface area contributed by atoms with E-state index < -0.39 is 10.8 Å². The summed E-state index contributed by atoms with van der Waals surface area (Å²) in [6, 6.07) is 11.6. The maximum absolute atomic E-state index is 12.1. The van der Waals surface area contributed by atoms with Crippen LogP contribution in [0.2, 0.25) is 0 Å². The Labute approximate surface area is 158 Å². The molecule has 0 spiro atoms. The topological polar surface area (TPSA) is 93.8 Å². The molecule has 7 heteroatoms. The van der Waals surface area contributed by atoms with Crippen LogP contribution in [0.4, 0.5) is 5.69 Å². The van der Waals surface area contributed by atoms with E-state index in [1.54, 1.807) is 6.92 Å². The normalized spacial score (nSPS) is 10.7. The lowest BCUT2D eigenvalue weighted by atomic mass is 10.1. The molecule has 0 bridgehead atoms. The fourth-order valence-corrected chi connectivity index (χ4v) is 2.42. The highest BCUT2D eigenvalue weighted by molar-refractivity contribution is 5.95. The molecule has 0 atom stereocenters. The third kappa shape index (κ3) is 6.22. The molecular formula is C20H23N3O4. The number of ether oxygens (including phenoxy) is 1. The van der Waals surface area contributed by atoms with Crippen molar-refractivity contribution in [3.8, 4) is 5.75 Å². The number of carbonyl (C=O) groups is 1. The Bertz CT molecular complexity index is 816. The molecule has 0 unspecified atom stereocenters. The fraction of sp³-hybridized carbons (Fsp3) is 0.300. The molecule has 2 aromatic carbocycles. The Morgan fingerprint density at radius 1 is 1.22 bits per heavy atom. The van der Waals surface area contributed by atoms with Crippen LogP contribution < -0.4 is 10.2 Å². The molecule has 0 aliphatic heterocycles. The van der Waals surface area contributed by atoms with Gasteiger partial charge in [0, 0.05) is 17.2 Å². The van der Waals surface area contributed by atoms with Gasteiger partial charge in [-0.15, -0.1) is 0 Å². The number of hydrogen-bond acceptors (Lipinski definition) is 5. The van der Waals surface area contributed by atoms with Gasteiger partial charge in [0.15, 0.2) is 0 Å². The van der Waals surface area contributed by atoms with Gasteiger partial charge in [-0.05, 0) is 55.3 Å². The smallest absolute Gasteiger partial charge is 0.272 e. The van der Waals surface area contributed by atoms with Crippen LogP contribution in [0.5, 0.6) is 5.75 Å². The molecule has 0 saturated carbocycles. The molecule has 1 amide bonds. The van der Waals surface area contributed by atoms with E-state index in [0.29, 0.717) is 17.7 Å². The standard InChI is InChI=1S/C20H23N3O4/c1-3-4-5-12-27-18-9-6-16(7-10-18)14-21-22-20(24)17-8-11-19(23(25)26)15(2)13-17/h6-11,13-14H,3-5,12H2,1-2H3,(H,22,24)/b21-14+. The van der Waals surface area contributed by atoms with Crippen LogP contribution in [0, 0.1) is 17.0 Å². The summed E-state index contributed by atoms with van der Waals surface area (Å²) in [5, 5.41) is 14.7. The molecule has 0 aromatic heterocycles. The first-order valence-electron chi connectivity index (χ1n) is 8.82. The summed E-state index contributed by atoms with van der Waals surface area (Å²) in [5.74, 6) is 0.369. The van der Waals surface area contributed by atoms with Gasteiger partial charge in [-0.2, -0.15) is 5.10 Å². The molecule has 7 nitrogen and oxygen atoms in total. The average molecular weight is 369 g/mol. The van der Waals surface area contributed by atoms with Gasteiger partial charge in [-0.25, -0.2) is 5.43 Å². The first-order chi connectivity index (χ1) is 13.0. The van der Waals surface area contributed by atoms with Gasteiger partial charge in [-0.3, -0.25) is 14.9 Å². The number of nitrogens with one attached hydrogen (secondary N) is 1. The number of amides is 1. The Kier molecular flexibility index (Phi) is 7.49. The van der Waals surface area contributed by atoms with E-state index in [2.05, 4.69) is 17.5 Å². The molecule has 0 aliphatic carbocycles. The third-order valence-electron chi connectivity index (χ3n) is 3.93. The predicted molar refractivity (Wildman–Crippen MR) is 104 cm³/mol. The highest BCUT2D eigenvalue weighted by Crippen LogP contribution is 2.18. The lowest BCUT2D eigenvalue weighted by Crippen LogP contribution is -2.17. The van der Waals surface area contributed by atoms with Crippen molar-refractivity contribution in [3.63, 3.8) is 0 Å². The Morgan fingerprint density at radius 2 is 1.96 bits per heavy atom. The molecule has 1 N–H and O–H groups in total. The van der Waals surface area contributed by atoms with Crippen molar-refractivity contribution >= 4 is 17.8 Å². The van der Waals surface area contributed by atoms with Gasteiger partial charge in [0.2, 0.25) is 0 Å². The number of carbonyl (C=O) groups excluding carboxylic acids is 1. The molecule has 0 radical (unpaired) electrons.